The molecule has 3 rings (SSSR count). The van der Waals surface area contributed by atoms with Crippen LogP contribution in [0.1, 0.15) is 29.9 Å². The summed E-state index contributed by atoms with van der Waals surface area (Å²) >= 11 is 0. The Morgan fingerprint density at radius 2 is 1.90 bits per heavy atom. The van der Waals surface area contributed by atoms with Crippen LogP contribution in [0.4, 0.5) is 10.1 Å². The molecule has 100 valence electrons. The molecule has 1 aliphatic carbocycles. The van der Waals surface area contributed by atoms with Crippen LogP contribution in [-0.2, 0) is 0 Å². The van der Waals surface area contributed by atoms with Crippen molar-refractivity contribution in [2.24, 2.45) is 0 Å². The van der Waals surface area contributed by atoms with Gasteiger partial charge >= 0.3 is 0 Å². The van der Waals surface area contributed by atoms with Gasteiger partial charge in [0.2, 0.25) is 0 Å². The molecule has 1 N–H and O–H groups in total. The summed E-state index contributed by atoms with van der Waals surface area (Å²) in [5, 5.41) is 3.45. The Balaban J connectivity index is 1.61. The zero-order chi connectivity index (χ0) is 13.9. The van der Waals surface area contributed by atoms with Gasteiger partial charge in [-0.1, -0.05) is 30.2 Å². The molecule has 1 saturated carbocycles. The van der Waals surface area contributed by atoms with Crippen LogP contribution >= 0.6 is 0 Å². The lowest BCUT2D eigenvalue weighted by Crippen LogP contribution is -2.34. The van der Waals surface area contributed by atoms with E-state index in [2.05, 4.69) is 11.2 Å². The number of benzene rings is 2. The van der Waals surface area contributed by atoms with Crippen LogP contribution in [0.2, 0.25) is 0 Å². The van der Waals surface area contributed by atoms with E-state index in [1.807, 2.05) is 36.4 Å². The Morgan fingerprint density at radius 3 is 2.65 bits per heavy atom. The van der Waals surface area contributed by atoms with Gasteiger partial charge in [0.05, 0.1) is 0 Å². The second kappa shape index (κ2) is 5.38. The first-order valence-corrected chi connectivity index (χ1v) is 6.84. The number of terminal acetylenes is 1. The quantitative estimate of drug-likeness (QED) is 0.821. The van der Waals surface area contributed by atoms with E-state index in [1.54, 1.807) is 6.07 Å². The highest BCUT2D eigenvalue weighted by Gasteiger charge is 2.31. The van der Waals surface area contributed by atoms with Gasteiger partial charge < -0.3 is 5.32 Å². The fourth-order valence-electron chi connectivity index (χ4n) is 2.73. The second-order valence-electron chi connectivity index (χ2n) is 5.26. The van der Waals surface area contributed by atoms with Crippen LogP contribution < -0.4 is 5.32 Å². The summed E-state index contributed by atoms with van der Waals surface area (Å²) in [4.78, 5) is 0. The van der Waals surface area contributed by atoms with Gasteiger partial charge in [0.25, 0.3) is 0 Å². The summed E-state index contributed by atoms with van der Waals surface area (Å²) in [6.07, 6.45) is 7.31. The lowest BCUT2D eigenvalue weighted by atomic mass is 9.75. The highest BCUT2D eigenvalue weighted by atomic mass is 19.1. The van der Waals surface area contributed by atoms with Crippen LogP contribution in [0, 0.1) is 18.2 Å². The van der Waals surface area contributed by atoms with E-state index in [1.165, 1.54) is 6.07 Å². The Bertz CT molecular complexity index is 650. The molecule has 2 aromatic rings. The maximum absolute atomic E-state index is 13.7. The summed E-state index contributed by atoms with van der Waals surface area (Å²) in [5.41, 5.74) is 2.75. The largest absolute Gasteiger partial charge is 0.382 e. The maximum Gasteiger partial charge on any atom is 0.126 e. The minimum Gasteiger partial charge on any atom is -0.382 e. The molecule has 0 spiro atoms. The molecule has 0 aromatic heterocycles. The van der Waals surface area contributed by atoms with Crippen LogP contribution in [0.3, 0.4) is 0 Å². The first-order chi connectivity index (χ1) is 9.76. The highest BCUT2D eigenvalue weighted by Crippen LogP contribution is 2.39. The molecule has 0 unspecified atom stereocenters. The topological polar surface area (TPSA) is 12.0 Å². The molecule has 0 saturated heterocycles. The Morgan fingerprint density at radius 1 is 1.10 bits per heavy atom. The van der Waals surface area contributed by atoms with E-state index < -0.39 is 0 Å². The fraction of sp³-hybridized carbons (Fsp3) is 0.222. The fourth-order valence-corrected chi connectivity index (χ4v) is 2.73. The van der Waals surface area contributed by atoms with Gasteiger partial charge in [0, 0.05) is 17.3 Å². The first-order valence-electron chi connectivity index (χ1n) is 6.84. The van der Waals surface area contributed by atoms with Crippen molar-refractivity contribution < 1.29 is 4.39 Å². The monoisotopic (exact) mass is 265 g/mol. The van der Waals surface area contributed by atoms with Gasteiger partial charge in [-0.05, 0) is 48.6 Å². The number of hydrogen-bond acceptors (Lipinski definition) is 1. The molecule has 1 fully saturated rings. The average molecular weight is 265 g/mol. The molecular formula is C18H16FN. The number of halogens is 1. The van der Waals surface area contributed by atoms with Crippen LogP contribution in [-0.4, -0.2) is 6.04 Å². The zero-order valence-corrected chi connectivity index (χ0v) is 11.1. The van der Waals surface area contributed by atoms with Crippen LogP contribution in [0.15, 0.2) is 48.5 Å². The molecule has 0 heterocycles. The smallest absolute Gasteiger partial charge is 0.126 e. The van der Waals surface area contributed by atoms with E-state index in [0.29, 0.717) is 12.0 Å². The molecule has 20 heavy (non-hydrogen) atoms. The van der Waals surface area contributed by atoms with Crippen molar-refractivity contribution in [2.75, 3.05) is 5.32 Å². The third-order valence-corrected chi connectivity index (χ3v) is 3.88. The minimum absolute atomic E-state index is 0.0923. The Labute approximate surface area is 118 Å². The van der Waals surface area contributed by atoms with E-state index >= 15 is 0 Å². The van der Waals surface area contributed by atoms with E-state index in [0.717, 1.165) is 29.7 Å². The Kier molecular flexibility index (Phi) is 3.43. The van der Waals surface area contributed by atoms with Crippen molar-refractivity contribution in [2.45, 2.75) is 24.8 Å². The zero-order valence-electron chi connectivity index (χ0n) is 11.1. The summed E-state index contributed by atoms with van der Waals surface area (Å²) in [5.74, 6) is 2.86. The van der Waals surface area contributed by atoms with Gasteiger partial charge in [-0.3, -0.25) is 0 Å². The normalized spacial score (nSPS) is 20.8. The lowest BCUT2D eigenvalue weighted by molar-refractivity contribution is 0.363. The van der Waals surface area contributed by atoms with Gasteiger partial charge in [0.15, 0.2) is 0 Å². The third kappa shape index (κ3) is 2.53. The van der Waals surface area contributed by atoms with Crippen LogP contribution in [0.5, 0.6) is 0 Å². The predicted octanol–water partition coefficient (Wildman–Crippen LogP) is 4.17. The lowest BCUT2D eigenvalue weighted by Gasteiger charge is -2.37. The van der Waals surface area contributed by atoms with Crippen molar-refractivity contribution in [3.8, 4) is 12.3 Å². The molecule has 1 nitrogen and oxygen atoms in total. The van der Waals surface area contributed by atoms with Crippen LogP contribution in [0.25, 0.3) is 0 Å². The summed E-state index contributed by atoms with van der Waals surface area (Å²) in [7, 11) is 0. The summed E-state index contributed by atoms with van der Waals surface area (Å²) in [6.45, 7) is 0. The second-order valence-corrected chi connectivity index (χ2v) is 5.26. The summed E-state index contributed by atoms with van der Waals surface area (Å²) in [6, 6.07) is 15.3. The third-order valence-electron chi connectivity index (χ3n) is 3.88. The molecular weight excluding hydrogens is 249 g/mol. The van der Waals surface area contributed by atoms with Gasteiger partial charge in [-0.15, -0.1) is 6.42 Å². The molecule has 2 heteroatoms. The molecule has 0 atom stereocenters. The SMILES string of the molecule is C#Cc1cccc(NC2CC(c3ccccc3F)C2)c1. The van der Waals surface area contributed by atoms with Crippen molar-refractivity contribution in [3.63, 3.8) is 0 Å². The van der Waals surface area contributed by atoms with E-state index in [-0.39, 0.29) is 5.82 Å². The van der Waals surface area contributed by atoms with Crippen molar-refractivity contribution in [1.29, 1.82) is 0 Å². The van der Waals surface area contributed by atoms with Gasteiger partial charge in [-0.2, -0.15) is 0 Å². The number of nitrogens with one attached hydrogen (secondary N) is 1. The van der Waals surface area contributed by atoms with Crippen molar-refractivity contribution >= 4 is 5.69 Å². The van der Waals surface area contributed by atoms with E-state index in [9.17, 15) is 4.39 Å². The van der Waals surface area contributed by atoms with Gasteiger partial charge in [0.1, 0.15) is 5.82 Å². The molecule has 0 amide bonds. The summed E-state index contributed by atoms with van der Waals surface area (Å²) < 4.78 is 13.7. The predicted molar refractivity (Wildman–Crippen MR) is 80.2 cm³/mol. The maximum atomic E-state index is 13.7. The molecule has 0 bridgehead atoms. The number of anilines is 1. The van der Waals surface area contributed by atoms with Crippen molar-refractivity contribution in [3.05, 3.63) is 65.5 Å². The van der Waals surface area contributed by atoms with E-state index in [4.69, 9.17) is 6.42 Å². The average Bonchev–Trinajstić information content (AvgIpc) is 2.44. The molecule has 0 radical (unpaired) electrons. The van der Waals surface area contributed by atoms with Crippen molar-refractivity contribution in [1.82, 2.24) is 0 Å². The molecule has 0 aliphatic heterocycles. The minimum atomic E-state index is -0.0923. The molecule has 1 aliphatic rings. The number of hydrogen-bond donors (Lipinski definition) is 1. The Hall–Kier alpha value is -2.27. The first kappa shape index (κ1) is 12.7. The standard InChI is InChI=1S/C18H16FN/c1-2-13-6-5-7-15(10-13)20-16-11-14(12-16)17-8-3-4-9-18(17)19/h1,3-10,14,16,20H,11-12H2. The molecule has 2 aromatic carbocycles. The number of rotatable bonds is 3. The van der Waals surface area contributed by atoms with Gasteiger partial charge in [-0.25, -0.2) is 4.39 Å². The highest BCUT2D eigenvalue weighted by molar-refractivity contribution is 5.51.